The standard InChI is InChI=1S/C18H28N2O3S/c1-3-8-15-9-5-6-11-17(15)19-18(21)16-10-7-12-20(14-16)24(22,23)13-4-2/h5-6,9,11,16H,3-4,7-8,10,12-14H2,1-2H3,(H,19,21)/t16-/m1/s1. The second-order valence-corrected chi connectivity index (χ2v) is 8.50. The fourth-order valence-corrected chi connectivity index (χ4v) is 4.75. The number of anilines is 1. The van der Waals surface area contributed by atoms with Crippen LogP contribution < -0.4 is 5.32 Å². The van der Waals surface area contributed by atoms with E-state index in [0.717, 1.165) is 36.9 Å². The average molecular weight is 353 g/mol. The predicted molar refractivity (Wildman–Crippen MR) is 97.4 cm³/mol. The predicted octanol–water partition coefficient (Wildman–Crippen LogP) is 3.03. The molecule has 0 unspecified atom stereocenters. The molecule has 1 aromatic carbocycles. The van der Waals surface area contributed by atoms with Gasteiger partial charge in [-0.15, -0.1) is 0 Å². The fraction of sp³-hybridized carbons (Fsp3) is 0.611. The zero-order valence-electron chi connectivity index (χ0n) is 14.6. The van der Waals surface area contributed by atoms with E-state index in [0.29, 0.717) is 19.5 Å². The smallest absolute Gasteiger partial charge is 0.228 e. The molecular formula is C18H28N2O3S. The first-order valence-corrected chi connectivity index (χ1v) is 10.5. The van der Waals surface area contributed by atoms with Crippen LogP contribution in [-0.4, -0.2) is 37.5 Å². The van der Waals surface area contributed by atoms with Crippen LogP contribution in [0.15, 0.2) is 24.3 Å². The first-order valence-electron chi connectivity index (χ1n) is 8.84. The van der Waals surface area contributed by atoms with Gasteiger partial charge in [0.25, 0.3) is 0 Å². The van der Waals surface area contributed by atoms with Crippen LogP contribution in [0.25, 0.3) is 0 Å². The van der Waals surface area contributed by atoms with E-state index in [-0.39, 0.29) is 17.6 Å². The number of aryl methyl sites for hydroxylation is 1. The Balaban J connectivity index is 2.05. The molecule has 0 bridgehead atoms. The molecule has 0 saturated carbocycles. The number of carbonyl (C=O) groups excluding carboxylic acids is 1. The minimum atomic E-state index is -3.24. The lowest BCUT2D eigenvalue weighted by Crippen LogP contribution is -2.44. The van der Waals surface area contributed by atoms with Crippen molar-refractivity contribution >= 4 is 21.6 Å². The van der Waals surface area contributed by atoms with Gasteiger partial charge in [-0.3, -0.25) is 4.79 Å². The first-order chi connectivity index (χ1) is 11.5. The number of sulfonamides is 1. The lowest BCUT2D eigenvalue weighted by Gasteiger charge is -2.31. The molecule has 1 atom stereocenters. The highest BCUT2D eigenvalue weighted by Crippen LogP contribution is 2.23. The van der Waals surface area contributed by atoms with Gasteiger partial charge in [-0.25, -0.2) is 12.7 Å². The molecule has 1 heterocycles. The Morgan fingerprint density at radius 1 is 1.25 bits per heavy atom. The molecule has 5 nitrogen and oxygen atoms in total. The number of hydrogen-bond acceptors (Lipinski definition) is 3. The van der Waals surface area contributed by atoms with E-state index >= 15 is 0 Å². The Labute approximate surface area is 145 Å². The Kier molecular flexibility index (Phi) is 6.80. The maximum Gasteiger partial charge on any atom is 0.228 e. The van der Waals surface area contributed by atoms with Crippen molar-refractivity contribution in [3.63, 3.8) is 0 Å². The summed E-state index contributed by atoms with van der Waals surface area (Å²) in [4.78, 5) is 12.6. The molecule has 0 aliphatic carbocycles. The number of nitrogens with zero attached hydrogens (tertiary/aromatic N) is 1. The molecule has 1 amide bonds. The van der Waals surface area contributed by atoms with Gasteiger partial charge in [0.05, 0.1) is 11.7 Å². The van der Waals surface area contributed by atoms with Gasteiger partial charge >= 0.3 is 0 Å². The number of piperidine rings is 1. The van der Waals surface area contributed by atoms with Crippen molar-refractivity contribution in [2.45, 2.75) is 46.0 Å². The molecule has 1 N–H and O–H groups in total. The summed E-state index contributed by atoms with van der Waals surface area (Å²) in [5.41, 5.74) is 1.97. The molecule has 6 heteroatoms. The summed E-state index contributed by atoms with van der Waals surface area (Å²) in [6.45, 7) is 4.79. The minimum Gasteiger partial charge on any atom is -0.326 e. The summed E-state index contributed by atoms with van der Waals surface area (Å²) < 4.78 is 26.0. The third-order valence-corrected chi connectivity index (χ3v) is 6.45. The zero-order valence-corrected chi connectivity index (χ0v) is 15.4. The lowest BCUT2D eigenvalue weighted by atomic mass is 9.98. The van der Waals surface area contributed by atoms with Gasteiger partial charge in [0.2, 0.25) is 15.9 Å². The molecule has 0 radical (unpaired) electrons. The lowest BCUT2D eigenvalue weighted by molar-refractivity contribution is -0.120. The number of nitrogens with one attached hydrogen (secondary N) is 1. The van der Waals surface area contributed by atoms with Gasteiger partial charge < -0.3 is 5.32 Å². The molecule has 24 heavy (non-hydrogen) atoms. The number of para-hydroxylation sites is 1. The highest BCUT2D eigenvalue weighted by Gasteiger charge is 2.31. The molecule has 1 saturated heterocycles. The summed E-state index contributed by atoms with van der Waals surface area (Å²) in [7, 11) is -3.24. The van der Waals surface area contributed by atoms with E-state index in [9.17, 15) is 13.2 Å². The van der Waals surface area contributed by atoms with Crippen molar-refractivity contribution in [1.29, 1.82) is 0 Å². The summed E-state index contributed by atoms with van der Waals surface area (Å²) >= 11 is 0. The normalized spacial score (nSPS) is 19.2. The van der Waals surface area contributed by atoms with Gasteiger partial charge in [0.1, 0.15) is 0 Å². The van der Waals surface area contributed by atoms with E-state index < -0.39 is 10.0 Å². The molecule has 1 aromatic rings. The van der Waals surface area contributed by atoms with Crippen LogP contribution in [-0.2, 0) is 21.2 Å². The average Bonchev–Trinajstić information content (AvgIpc) is 2.57. The maximum atomic E-state index is 12.6. The molecule has 1 aliphatic rings. The summed E-state index contributed by atoms with van der Waals surface area (Å²) in [5.74, 6) is -0.198. The molecule has 1 aliphatic heterocycles. The second-order valence-electron chi connectivity index (χ2n) is 6.41. The Hall–Kier alpha value is -1.40. The Bertz CT molecular complexity index is 658. The number of carbonyl (C=O) groups is 1. The SMILES string of the molecule is CCCc1ccccc1NC(=O)[C@@H]1CCCN(S(=O)(=O)CCC)C1. The third kappa shape index (κ3) is 4.80. The van der Waals surface area contributed by atoms with E-state index in [1.165, 1.54) is 4.31 Å². The van der Waals surface area contributed by atoms with Crippen molar-refractivity contribution in [2.24, 2.45) is 5.92 Å². The van der Waals surface area contributed by atoms with Crippen molar-refractivity contribution in [1.82, 2.24) is 4.31 Å². The molecule has 2 rings (SSSR count). The van der Waals surface area contributed by atoms with Crippen molar-refractivity contribution in [3.05, 3.63) is 29.8 Å². The summed E-state index contributed by atoms with van der Waals surface area (Å²) in [6.07, 6.45) is 4.00. The minimum absolute atomic E-state index is 0.0741. The first kappa shape index (κ1) is 18.9. The topological polar surface area (TPSA) is 66.5 Å². The van der Waals surface area contributed by atoms with E-state index in [4.69, 9.17) is 0 Å². The van der Waals surface area contributed by atoms with Gasteiger partial charge in [0.15, 0.2) is 0 Å². The highest BCUT2D eigenvalue weighted by atomic mass is 32.2. The van der Waals surface area contributed by atoms with Gasteiger partial charge in [-0.05, 0) is 37.3 Å². The number of benzene rings is 1. The molecular weight excluding hydrogens is 324 g/mol. The summed E-state index contributed by atoms with van der Waals surface area (Å²) in [6, 6.07) is 7.82. The third-order valence-electron chi connectivity index (χ3n) is 4.40. The van der Waals surface area contributed by atoms with Crippen molar-refractivity contribution in [2.75, 3.05) is 24.2 Å². The van der Waals surface area contributed by atoms with Crippen molar-refractivity contribution < 1.29 is 13.2 Å². The van der Waals surface area contributed by atoms with Crippen LogP contribution in [0.5, 0.6) is 0 Å². The number of hydrogen-bond donors (Lipinski definition) is 1. The van der Waals surface area contributed by atoms with Crippen LogP contribution in [0.4, 0.5) is 5.69 Å². The molecule has 0 aromatic heterocycles. The van der Waals surface area contributed by atoms with Crippen LogP contribution in [0.1, 0.15) is 45.1 Å². The van der Waals surface area contributed by atoms with Crippen LogP contribution in [0.2, 0.25) is 0 Å². The monoisotopic (exact) mass is 352 g/mol. The molecule has 134 valence electrons. The van der Waals surface area contributed by atoms with Gasteiger partial charge in [-0.2, -0.15) is 0 Å². The second kappa shape index (κ2) is 8.62. The summed E-state index contributed by atoms with van der Waals surface area (Å²) in [5, 5.41) is 3.01. The Morgan fingerprint density at radius 3 is 2.71 bits per heavy atom. The van der Waals surface area contributed by atoms with E-state index in [2.05, 4.69) is 12.2 Å². The van der Waals surface area contributed by atoms with Gasteiger partial charge in [0, 0.05) is 18.8 Å². The zero-order chi connectivity index (χ0) is 17.6. The number of amides is 1. The maximum absolute atomic E-state index is 12.6. The van der Waals surface area contributed by atoms with Crippen molar-refractivity contribution in [3.8, 4) is 0 Å². The number of rotatable bonds is 7. The van der Waals surface area contributed by atoms with Crippen LogP contribution in [0, 0.1) is 5.92 Å². The molecule has 1 fully saturated rings. The quantitative estimate of drug-likeness (QED) is 0.820. The van der Waals surface area contributed by atoms with Crippen LogP contribution >= 0.6 is 0 Å². The van der Waals surface area contributed by atoms with Gasteiger partial charge in [-0.1, -0.05) is 38.5 Å². The largest absolute Gasteiger partial charge is 0.326 e. The Morgan fingerprint density at radius 2 is 2.00 bits per heavy atom. The highest BCUT2D eigenvalue weighted by molar-refractivity contribution is 7.89. The van der Waals surface area contributed by atoms with E-state index in [1.54, 1.807) is 0 Å². The molecule has 0 spiro atoms. The fourth-order valence-electron chi connectivity index (χ4n) is 3.16. The van der Waals surface area contributed by atoms with E-state index in [1.807, 2.05) is 31.2 Å². The van der Waals surface area contributed by atoms with Crippen LogP contribution in [0.3, 0.4) is 0 Å².